The fraction of sp³-hybridized carbons (Fsp3) is 0. The predicted molar refractivity (Wildman–Crippen MR) is 212 cm³/mol. The second-order valence-corrected chi connectivity index (χ2v) is 13.0. The van der Waals surface area contributed by atoms with E-state index in [-0.39, 0.29) is 0 Å². The van der Waals surface area contributed by atoms with E-state index in [1.54, 1.807) is 0 Å². The van der Waals surface area contributed by atoms with Crippen molar-refractivity contribution in [2.75, 3.05) is 0 Å². The Hall–Kier alpha value is -6.84. The van der Waals surface area contributed by atoms with Gasteiger partial charge < -0.3 is 4.42 Å². The average molecular weight is 651 g/mol. The number of fused-ring (bicyclic) bond motifs is 5. The molecule has 0 amide bonds. The van der Waals surface area contributed by atoms with Gasteiger partial charge in [-0.1, -0.05) is 158 Å². The van der Waals surface area contributed by atoms with Crippen molar-refractivity contribution in [2.24, 2.45) is 0 Å². The van der Waals surface area contributed by atoms with Crippen LogP contribution in [0.15, 0.2) is 186 Å². The van der Waals surface area contributed by atoms with E-state index in [0.717, 1.165) is 65.8 Å². The number of furan rings is 1. The summed E-state index contributed by atoms with van der Waals surface area (Å²) >= 11 is 0. The van der Waals surface area contributed by atoms with E-state index in [9.17, 15) is 0 Å². The second kappa shape index (κ2) is 11.9. The van der Waals surface area contributed by atoms with Crippen LogP contribution in [-0.2, 0) is 0 Å². The van der Waals surface area contributed by atoms with Crippen LogP contribution < -0.4 is 0 Å². The molecule has 0 atom stereocenters. The molecular weight excluding hydrogens is 621 g/mol. The van der Waals surface area contributed by atoms with E-state index in [2.05, 4.69) is 176 Å². The molecule has 2 aromatic heterocycles. The van der Waals surface area contributed by atoms with Crippen molar-refractivity contribution in [1.82, 2.24) is 9.97 Å². The van der Waals surface area contributed by atoms with Crippen LogP contribution in [0.1, 0.15) is 0 Å². The monoisotopic (exact) mass is 650 g/mol. The molecule has 0 radical (unpaired) electrons. The van der Waals surface area contributed by atoms with Gasteiger partial charge in [0.25, 0.3) is 0 Å². The molecule has 238 valence electrons. The minimum absolute atomic E-state index is 0.583. The molecule has 8 aromatic carbocycles. The lowest BCUT2D eigenvalue weighted by molar-refractivity contribution is 0.654. The zero-order valence-electron chi connectivity index (χ0n) is 27.6. The predicted octanol–water partition coefficient (Wildman–Crippen LogP) is 13.0. The van der Waals surface area contributed by atoms with Crippen molar-refractivity contribution < 1.29 is 4.42 Å². The van der Waals surface area contributed by atoms with Crippen LogP contribution in [0.3, 0.4) is 0 Å². The van der Waals surface area contributed by atoms with Crippen LogP contribution in [0, 0.1) is 0 Å². The lowest BCUT2D eigenvalue weighted by atomic mass is 9.96. The van der Waals surface area contributed by atoms with Crippen molar-refractivity contribution in [3.8, 4) is 56.0 Å². The molecule has 0 aliphatic carbocycles. The largest absolute Gasteiger partial charge is 0.438 e. The third-order valence-corrected chi connectivity index (χ3v) is 9.89. The van der Waals surface area contributed by atoms with Gasteiger partial charge in [-0.2, -0.15) is 4.98 Å². The van der Waals surface area contributed by atoms with E-state index >= 15 is 0 Å². The number of rotatable bonds is 5. The van der Waals surface area contributed by atoms with Crippen molar-refractivity contribution in [3.63, 3.8) is 0 Å². The molecule has 0 unspecified atom stereocenters. The number of hydrogen-bond acceptors (Lipinski definition) is 3. The molecule has 0 aliphatic rings. The maximum atomic E-state index is 6.56. The third kappa shape index (κ3) is 5.15. The summed E-state index contributed by atoms with van der Waals surface area (Å²) in [5.74, 6) is 0.628. The maximum Gasteiger partial charge on any atom is 0.231 e. The molecule has 10 rings (SSSR count). The molecule has 0 fully saturated rings. The van der Waals surface area contributed by atoms with Crippen molar-refractivity contribution in [3.05, 3.63) is 182 Å². The Kier molecular flexibility index (Phi) is 6.81. The molecule has 0 bridgehead atoms. The van der Waals surface area contributed by atoms with Crippen LogP contribution in [-0.4, -0.2) is 9.97 Å². The summed E-state index contributed by atoms with van der Waals surface area (Å²) in [5.41, 5.74) is 11.2. The van der Waals surface area contributed by atoms with Crippen molar-refractivity contribution in [1.29, 1.82) is 0 Å². The van der Waals surface area contributed by atoms with Gasteiger partial charge in [0.05, 0.1) is 11.1 Å². The van der Waals surface area contributed by atoms with Gasteiger partial charge in [-0.05, 0) is 79.2 Å². The third-order valence-electron chi connectivity index (χ3n) is 9.89. The Labute approximate surface area is 295 Å². The molecule has 0 saturated heterocycles. The highest BCUT2D eigenvalue weighted by Gasteiger charge is 2.20. The van der Waals surface area contributed by atoms with E-state index in [4.69, 9.17) is 14.4 Å². The summed E-state index contributed by atoms with van der Waals surface area (Å²) in [7, 11) is 0. The van der Waals surface area contributed by atoms with E-state index in [0.29, 0.717) is 11.5 Å². The molecule has 0 spiro atoms. The average Bonchev–Trinajstić information content (AvgIpc) is 3.57. The smallest absolute Gasteiger partial charge is 0.231 e. The van der Waals surface area contributed by atoms with E-state index in [1.807, 2.05) is 6.07 Å². The Morgan fingerprint density at radius 2 is 0.882 bits per heavy atom. The van der Waals surface area contributed by atoms with Crippen LogP contribution in [0.4, 0.5) is 0 Å². The molecule has 0 aliphatic heterocycles. The maximum absolute atomic E-state index is 6.56. The van der Waals surface area contributed by atoms with Crippen LogP contribution in [0.2, 0.25) is 0 Å². The topological polar surface area (TPSA) is 38.9 Å². The summed E-state index contributed by atoms with van der Waals surface area (Å²) in [5, 5.41) is 6.54. The molecule has 51 heavy (non-hydrogen) atoms. The number of benzene rings is 8. The number of nitrogens with zero attached hydrogens (tertiary/aromatic N) is 2. The first-order chi connectivity index (χ1) is 25.2. The zero-order valence-corrected chi connectivity index (χ0v) is 27.6. The fourth-order valence-corrected chi connectivity index (χ4v) is 7.32. The van der Waals surface area contributed by atoms with Gasteiger partial charge in [0.1, 0.15) is 5.58 Å². The van der Waals surface area contributed by atoms with Gasteiger partial charge in [0.2, 0.25) is 5.71 Å². The summed E-state index contributed by atoms with van der Waals surface area (Å²) in [6.07, 6.45) is 0. The highest BCUT2D eigenvalue weighted by molar-refractivity contribution is 6.16. The molecule has 3 heteroatoms. The Morgan fingerprint density at radius 3 is 1.65 bits per heavy atom. The first kappa shape index (κ1) is 29.1. The van der Waals surface area contributed by atoms with Crippen LogP contribution >= 0.6 is 0 Å². The summed E-state index contributed by atoms with van der Waals surface area (Å²) in [4.78, 5) is 10.5. The Morgan fingerprint density at radius 1 is 0.353 bits per heavy atom. The normalized spacial score (nSPS) is 11.5. The molecule has 10 aromatic rings. The Balaban J connectivity index is 1.11. The summed E-state index contributed by atoms with van der Waals surface area (Å²) in [6.45, 7) is 0. The molecule has 0 N–H and O–H groups in total. The summed E-state index contributed by atoms with van der Waals surface area (Å²) < 4.78 is 6.56. The highest BCUT2D eigenvalue weighted by atomic mass is 16.3. The van der Waals surface area contributed by atoms with Gasteiger partial charge in [0, 0.05) is 16.5 Å². The minimum atomic E-state index is 0.583. The summed E-state index contributed by atoms with van der Waals surface area (Å²) in [6, 6.07) is 64.1. The molecule has 3 nitrogen and oxygen atoms in total. The number of hydrogen-bond donors (Lipinski definition) is 0. The van der Waals surface area contributed by atoms with Gasteiger partial charge in [-0.15, -0.1) is 0 Å². The SMILES string of the molecule is c1ccc(-c2ccc(-c3cccc(-c4cccc(-c5nc(-c6cccc7ccccc67)c6c(n5)oc5cc7ccccc7cc56)c4)c3)cc2)cc1. The highest BCUT2D eigenvalue weighted by Crippen LogP contribution is 2.40. The number of aromatic nitrogens is 2. The quantitative estimate of drug-likeness (QED) is 0.186. The van der Waals surface area contributed by atoms with Crippen molar-refractivity contribution >= 4 is 43.6 Å². The first-order valence-electron chi connectivity index (χ1n) is 17.2. The zero-order chi connectivity index (χ0) is 33.7. The molecule has 2 heterocycles. The fourth-order valence-electron chi connectivity index (χ4n) is 7.32. The first-order valence-corrected chi connectivity index (χ1v) is 17.2. The van der Waals surface area contributed by atoms with E-state index in [1.165, 1.54) is 22.3 Å². The van der Waals surface area contributed by atoms with E-state index < -0.39 is 0 Å². The van der Waals surface area contributed by atoms with Crippen LogP contribution in [0.25, 0.3) is 99.6 Å². The molecular formula is C48H30N2O. The standard InChI is InChI=1S/C48H30N2O/c1-2-11-31(12-3-1)32-23-25-33(26-24-32)35-17-8-18-36(27-35)37-19-9-20-40(28-37)47-49-46(42-22-10-16-34-13-6-7-21-41(34)42)45-43-29-38-14-4-5-15-39(38)30-44(43)51-48(45)50-47/h1-30H. The van der Waals surface area contributed by atoms with Crippen LogP contribution in [0.5, 0.6) is 0 Å². The van der Waals surface area contributed by atoms with Crippen molar-refractivity contribution in [2.45, 2.75) is 0 Å². The Bertz CT molecular complexity index is 2900. The lowest BCUT2D eigenvalue weighted by Crippen LogP contribution is -1.95. The lowest BCUT2D eigenvalue weighted by Gasteiger charge is -2.11. The second-order valence-electron chi connectivity index (χ2n) is 13.0. The van der Waals surface area contributed by atoms with Gasteiger partial charge in [0.15, 0.2) is 5.82 Å². The van der Waals surface area contributed by atoms with Gasteiger partial charge in [-0.3, -0.25) is 0 Å². The minimum Gasteiger partial charge on any atom is -0.438 e. The van der Waals surface area contributed by atoms with Gasteiger partial charge in [-0.25, -0.2) is 4.98 Å². The molecule has 0 saturated carbocycles. The van der Waals surface area contributed by atoms with Gasteiger partial charge >= 0.3 is 0 Å².